The Morgan fingerprint density at radius 2 is 2.06 bits per heavy atom. The van der Waals surface area contributed by atoms with Gasteiger partial charge in [-0.1, -0.05) is 27.3 Å². The number of nitrogens with zero attached hydrogens (tertiary/aromatic N) is 2. The summed E-state index contributed by atoms with van der Waals surface area (Å²) < 4.78 is 38.1. The number of sulfone groups is 1. The van der Waals surface area contributed by atoms with Gasteiger partial charge in [-0.3, -0.25) is 9.69 Å². The van der Waals surface area contributed by atoms with Crippen LogP contribution >= 0.6 is 27.3 Å². The Kier molecular flexibility index (Phi) is 7.68. The maximum absolute atomic E-state index is 13.2. The Bertz CT molecular complexity index is 1220. The van der Waals surface area contributed by atoms with E-state index >= 15 is 0 Å². The van der Waals surface area contributed by atoms with E-state index in [1.807, 2.05) is 18.2 Å². The molecule has 3 aromatic rings. The second kappa shape index (κ2) is 10.5. The molecule has 0 bridgehead atoms. The number of hydrogen-bond donors (Lipinski definition) is 0. The molecule has 33 heavy (non-hydrogen) atoms. The van der Waals surface area contributed by atoms with Crippen LogP contribution in [0.15, 0.2) is 51.8 Å². The molecule has 1 saturated heterocycles. The highest BCUT2D eigenvalue weighted by Crippen LogP contribution is 2.32. The fourth-order valence-electron chi connectivity index (χ4n) is 3.73. The van der Waals surface area contributed by atoms with Crippen LogP contribution in [0.2, 0.25) is 0 Å². The minimum atomic E-state index is -3.49. The van der Waals surface area contributed by atoms with E-state index < -0.39 is 9.84 Å². The van der Waals surface area contributed by atoms with Gasteiger partial charge >= 0.3 is 0 Å². The Morgan fingerprint density at radius 1 is 1.27 bits per heavy atom. The summed E-state index contributed by atoms with van der Waals surface area (Å²) in [6.45, 7) is 1.12. The maximum Gasteiger partial charge on any atom is 0.228 e. The first-order chi connectivity index (χ1) is 15.9. The number of hydrogen-bond acceptors (Lipinski definition) is 7. The van der Waals surface area contributed by atoms with Gasteiger partial charge in [0.25, 0.3) is 0 Å². The standard InChI is InChI=1S/C23H25BrN2O5S2/c1-30-17-7-9-19(10-8-17)33(28,29)13-3-5-22(27)26(15-18-4-2-12-31-18)23-25-20-11-6-16(24)14-21(20)32-23/h6-11,14,18H,2-5,12-13,15H2,1H3. The summed E-state index contributed by atoms with van der Waals surface area (Å²) in [5.41, 5.74) is 0.824. The van der Waals surface area contributed by atoms with Crippen molar-refractivity contribution in [2.45, 2.75) is 36.7 Å². The lowest BCUT2D eigenvalue weighted by Gasteiger charge is -2.23. The highest BCUT2D eigenvalue weighted by Gasteiger charge is 2.26. The Balaban J connectivity index is 1.46. The van der Waals surface area contributed by atoms with Gasteiger partial charge in [-0.15, -0.1) is 0 Å². The molecule has 1 unspecified atom stereocenters. The molecule has 176 valence electrons. The topological polar surface area (TPSA) is 85.8 Å². The van der Waals surface area contributed by atoms with Gasteiger partial charge in [-0.2, -0.15) is 0 Å². The molecule has 2 heterocycles. The van der Waals surface area contributed by atoms with Crippen LogP contribution in [-0.2, 0) is 19.4 Å². The summed E-state index contributed by atoms with van der Waals surface area (Å²) in [5.74, 6) is 0.344. The smallest absolute Gasteiger partial charge is 0.228 e. The molecule has 4 rings (SSSR count). The number of thiazole rings is 1. The summed E-state index contributed by atoms with van der Waals surface area (Å²) in [6.07, 6.45) is 2.18. The zero-order valence-corrected chi connectivity index (χ0v) is 21.4. The molecule has 1 amide bonds. The highest BCUT2D eigenvalue weighted by molar-refractivity contribution is 9.10. The lowest BCUT2D eigenvalue weighted by molar-refractivity contribution is -0.119. The first-order valence-electron chi connectivity index (χ1n) is 10.7. The molecule has 0 spiro atoms. The van der Waals surface area contributed by atoms with E-state index in [1.54, 1.807) is 17.0 Å². The SMILES string of the molecule is COc1ccc(S(=O)(=O)CCCC(=O)N(CC2CCCO2)c2nc3ccc(Br)cc3s2)cc1. The minimum absolute atomic E-state index is 0.0317. The molecule has 0 N–H and O–H groups in total. The van der Waals surface area contributed by atoms with Gasteiger partial charge < -0.3 is 9.47 Å². The molecule has 0 saturated carbocycles. The normalized spacial score (nSPS) is 16.2. The molecule has 0 aliphatic carbocycles. The van der Waals surface area contributed by atoms with Crippen LogP contribution in [0.1, 0.15) is 25.7 Å². The minimum Gasteiger partial charge on any atom is -0.497 e. The van der Waals surface area contributed by atoms with Crippen molar-refractivity contribution in [2.75, 3.05) is 30.9 Å². The molecule has 0 radical (unpaired) electrons. The van der Waals surface area contributed by atoms with E-state index in [0.717, 1.165) is 27.5 Å². The monoisotopic (exact) mass is 552 g/mol. The zero-order chi connectivity index (χ0) is 23.4. The van der Waals surface area contributed by atoms with Crippen molar-refractivity contribution in [3.8, 4) is 5.75 Å². The molecule has 1 aliphatic heterocycles. The van der Waals surface area contributed by atoms with E-state index in [-0.39, 0.29) is 35.5 Å². The van der Waals surface area contributed by atoms with E-state index in [2.05, 4.69) is 20.9 Å². The van der Waals surface area contributed by atoms with Gasteiger partial charge in [0.1, 0.15) is 5.75 Å². The highest BCUT2D eigenvalue weighted by atomic mass is 79.9. The summed E-state index contributed by atoms with van der Waals surface area (Å²) in [4.78, 5) is 19.7. The average Bonchev–Trinajstić information content (AvgIpc) is 3.46. The Labute approximate surface area is 205 Å². The van der Waals surface area contributed by atoms with Crippen molar-refractivity contribution >= 4 is 58.4 Å². The summed E-state index contributed by atoms with van der Waals surface area (Å²) in [5, 5.41) is 0.613. The first-order valence-corrected chi connectivity index (χ1v) is 14.0. The van der Waals surface area contributed by atoms with Crippen molar-refractivity contribution in [2.24, 2.45) is 0 Å². The van der Waals surface area contributed by atoms with Crippen molar-refractivity contribution in [1.82, 2.24) is 4.98 Å². The summed E-state index contributed by atoms with van der Waals surface area (Å²) >= 11 is 4.92. The number of halogens is 1. The van der Waals surface area contributed by atoms with Gasteiger partial charge in [0.2, 0.25) is 5.91 Å². The molecule has 10 heteroatoms. The maximum atomic E-state index is 13.2. The van der Waals surface area contributed by atoms with Crippen LogP contribution in [0.25, 0.3) is 10.2 Å². The quantitative estimate of drug-likeness (QED) is 0.377. The van der Waals surface area contributed by atoms with E-state index in [9.17, 15) is 13.2 Å². The molecule has 7 nitrogen and oxygen atoms in total. The third kappa shape index (κ3) is 5.92. The number of fused-ring (bicyclic) bond motifs is 1. The number of amides is 1. The van der Waals surface area contributed by atoms with E-state index in [0.29, 0.717) is 24.0 Å². The van der Waals surface area contributed by atoms with E-state index in [1.165, 1.54) is 30.6 Å². The molecule has 2 aromatic carbocycles. The fraction of sp³-hybridized carbons (Fsp3) is 0.391. The second-order valence-corrected chi connectivity index (χ2v) is 11.9. The van der Waals surface area contributed by atoms with Crippen LogP contribution in [0.5, 0.6) is 5.75 Å². The lowest BCUT2D eigenvalue weighted by Crippen LogP contribution is -2.37. The summed E-state index contributed by atoms with van der Waals surface area (Å²) in [6, 6.07) is 12.1. The van der Waals surface area contributed by atoms with Crippen LogP contribution in [0, 0.1) is 0 Å². The molecular formula is C23H25BrN2O5S2. The van der Waals surface area contributed by atoms with E-state index in [4.69, 9.17) is 9.47 Å². The van der Waals surface area contributed by atoms with Crippen LogP contribution in [-0.4, -0.2) is 51.4 Å². The van der Waals surface area contributed by atoms with Crippen molar-refractivity contribution in [3.63, 3.8) is 0 Å². The Hall–Kier alpha value is -2.01. The van der Waals surface area contributed by atoms with Gasteiger partial charge in [0.15, 0.2) is 15.0 Å². The molecular weight excluding hydrogens is 528 g/mol. The second-order valence-electron chi connectivity index (χ2n) is 7.85. The largest absolute Gasteiger partial charge is 0.497 e. The molecule has 1 aromatic heterocycles. The van der Waals surface area contributed by atoms with Crippen molar-refractivity contribution in [3.05, 3.63) is 46.9 Å². The lowest BCUT2D eigenvalue weighted by atomic mass is 10.2. The number of rotatable bonds is 9. The number of methoxy groups -OCH3 is 1. The van der Waals surface area contributed by atoms with Gasteiger partial charge in [-0.25, -0.2) is 13.4 Å². The molecule has 1 aliphatic rings. The number of carbonyl (C=O) groups is 1. The number of benzene rings is 2. The molecule has 1 atom stereocenters. The first kappa shape index (κ1) is 24.1. The number of carbonyl (C=O) groups excluding carboxylic acids is 1. The number of aromatic nitrogens is 1. The predicted molar refractivity (Wildman–Crippen MR) is 133 cm³/mol. The third-order valence-electron chi connectivity index (χ3n) is 5.50. The number of anilines is 1. The summed E-state index contributed by atoms with van der Waals surface area (Å²) in [7, 11) is -1.96. The van der Waals surface area contributed by atoms with Gasteiger partial charge in [0, 0.05) is 17.5 Å². The van der Waals surface area contributed by atoms with Crippen molar-refractivity contribution in [1.29, 1.82) is 0 Å². The van der Waals surface area contributed by atoms with Crippen LogP contribution in [0.3, 0.4) is 0 Å². The Morgan fingerprint density at radius 3 is 2.76 bits per heavy atom. The zero-order valence-electron chi connectivity index (χ0n) is 18.2. The van der Waals surface area contributed by atoms with Gasteiger partial charge in [0.05, 0.1) is 40.6 Å². The molecule has 1 fully saturated rings. The van der Waals surface area contributed by atoms with Crippen molar-refractivity contribution < 1.29 is 22.7 Å². The third-order valence-corrected chi connectivity index (χ3v) is 8.85. The number of ether oxygens (including phenoxy) is 2. The fourth-order valence-corrected chi connectivity index (χ4v) is 6.58. The van der Waals surface area contributed by atoms with Gasteiger partial charge in [-0.05, 0) is 61.7 Å². The average molecular weight is 554 g/mol. The predicted octanol–water partition coefficient (Wildman–Crippen LogP) is 4.83. The van der Waals surface area contributed by atoms with Crippen LogP contribution < -0.4 is 9.64 Å². The van der Waals surface area contributed by atoms with Crippen LogP contribution in [0.4, 0.5) is 5.13 Å².